The quantitative estimate of drug-likeness (QED) is 0.358. The first-order valence-electron chi connectivity index (χ1n) is 11.3. The average Bonchev–Trinajstić information content (AvgIpc) is 3.34. The molecule has 0 bridgehead atoms. The van der Waals surface area contributed by atoms with Crippen LogP contribution in [0.1, 0.15) is 5.56 Å². The molecular formula is C28H20ClN5O2. The second kappa shape index (κ2) is 8.96. The number of rotatable bonds is 4. The molecule has 3 aromatic carbocycles. The smallest absolute Gasteiger partial charge is 0.269 e. The lowest BCUT2D eigenvalue weighted by atomic mass is 10.0. The lowest BCUT2D eigenvalue weighted by Crippen LogP contribution is -2.22. The van der Waals surface area contributed by atoms with Crippen LogP contribution in [0.3, 0.4) is 0 Å². The molecule has 3 heterocycles. The molecule has 0 atom stereocenters. The van der Waals surface area contributed by atoms with E-state index >= 15 is 0 Å². The third-order valence-corrected chi connectivity index (χ3v) is 6.34. The molecule has 0 aliphatic carbocycles. The highest BCUT2D eigenvalue weighted by Crippen LogP contribution is 2.27. The van der Waals surface area contributed by atoms with Crippen LogP contribution in [0.2, 0.25) is 5.02 Å². The molecule has 0 unspecified atom stereocenters. The predicted octanol–water partition coefficient (Wildman–Crippen LogP) is 5.49. The van der Waals surface area contributed by atoms with Gasteiger partial charge in [0.05, 0.1) is 24.1 Å². The van der Waals surface area contributed by atoms with Gasteiger partial charge in [0.25, 0.3) is 5.56 Å². The minimum atomic E-state index is -0.223. The monoisotopic (exact) mass is 493 g/mol. The third kappa shape index (κ3) is 3.90. The van der Waals surface area contributed by atoms with Gasteiger partial charge < -0.3 is 0 Å². The Morgan fingerprint density at radius 1 is 0.861 bits per heavy atom. The first-order valence-corrected chi connectivity index (χ1v) is 11.7. The molecule has 0 saturated carbocycles. The van der Waals surface area contributed by atoms with E-state index in [0.29, 0.717) is 34.1 Å². The van der Waals surface area contributed by atoms with E-state index in [2.05, 4.69) is 5.10 Å². The summed E-state index contributed by atoms with van der Waals surface area (Å²) in [6, 6.07) is 24.5. The molecule has 2 aromatic heterocycles. The van der Waals surface area contributed by atoms with Crippen molar-refractivity contribution in [2.24, 2.45) is 0 Å². The predicted molar refractivity (Wildman–Crippen MR) is 141 cm³/mol. The normalized spacial score (nSPS) is 13.3. The maximum absolute atomic E-state index is 13.8. The molecular weight excluding hydrogens is 474 g/mol. The highest BCUT2D eigenvalue weighted by atomic mass is 35.5. The zero-order chi connectivity index (χ0) is 24.6. The van der Waals surface area contributed by atoms with Crippen molar-refractivity contribution in [3.63, 3.8) is 0 Å². The minimum Gasteiger partial charge on any atom is -0.289 e. The van der Waals surface area contributed by atoms with Crippen molar-refractivity contribution in [3.05, 3.63) is 124 Å². The Morgan fingerprint density at radius 3 is 2.31 bits per heavy atom. The number of benzene rings is 3. The van der Waals surface area contributed by atoms with Gasteiger partial charge in [0.2, 0.25) is 0 Å². The van der Waals surface area contributed by atoms with Crippen LogP contribution in [0.4, 0.5) is 0 Å². The molecule has 1 aliphatic heterocycles. The summed E-state index contributed by atoms with van der Waals surface area (Å²) in [6.45, 7) is 0.395. The Morgan fingerprint density at radius 2 is 1.58 bits per heavy atom. The number of hydrogen-bond donors (Lipinski definition) is 1. The Bertz CT molecular complexity index is 1690. The molecule has 0 amide bonds. The summed E-state index contributed by atoms with van der Waals surface area (Å²) in [5.74, 6) is 0.486. The van der Waals surface area contributed by atoms with E-state index in [4.69, 9.17) is 16.6 Å². The number of allylic oxidation sites excluding steroid dienone is 2. The van der Waals surface area contributed by atoms with Crippen LogP contribution >= 0.6 is 11.6 Å². The summed E-state index contributed by atoms with van der Waals surface area (Å²) in [5, 5.41) is 16.4. The van der Waals surface area contributed by atoms with E-state index in [1.54, 1.807) is 52.0 Å². The molecule has 1 aliphatic rings. The number of aromatic nitrogens is 4. The van der Waals surface area contributed by atoms with E-state index in [1.807, 2.05) is 60.7 Å². The summed E-state index contributed by atoms with van der Waals surface area (Å²) in [6.07, 6.45) is 6.93. The number of nitrogens with zero attached hydrogens (tertiary/aromatic N) is 5. The average molecular weight is 494 g/mol. The van der Waals surface area contributed by atoms with Crippen LogP contribution in [0.15, 0.2) is 108 Å². The number of hydroxylamine groups is 2. The van der Waals surface area contributed by atoms with Crippen molar-refractivity contribution in [1.82, 2.24) is 24.4 Å². The lowest BCUT2D eigenvalue weighted by Gasteiger charge is -2.18. The number of para-hydroxylation sites is 1. The van der Waals surface area contributed by atoms with E-state index in [-0.39, 0.29) is 5.56 Å². The second-order valence-electron chi connectivity index (χ2n) is 8.39. The van der Waals surface area contributed by atoms with Gasteiger partial charge in [-0.15, -0.1) is 0 Å². The van der Waals surface area contributed by atoms with Crippen LogP contribution in [0, 0.1) is 0 Å². The lowest BCUT2D eigenvalue weighted by molar-refractivity contribution is -0.0278. The molecule has 0 saturated heterocycles. The molecule has 1 N–H and O–H groups in total. The van der Waals surface area contributed by atoms with Crippen molar-refractivity contribution in [3.8, 4) is 22.8 Å². The van der Waals surface area contributed by atoms with Gasteiger partial charge in [-0.3, -0.25) is 19.6 Å². The largest absolute Gasteiger partial charge is 0.289 e. The van der Waals surface area contributed by atoms with Gasteiger partial charge in [-0.1, -0.05) is 60.1 Å². The molecule has 6 rings (SSSR count). The van der Waals surface area contributed by atoms with E-state index in [0.717, 1.165) is 27.5 Å². The van der Waals surface area contributed by atoms with E-state index in [1.165, 1.54) is 0 Å². The fourth-order valence-electron chi connectivity index (χ4n) is 4.31. The van der Waals surface area contributed by atoms with E-state index < -0.39 is 0 Å². The van der Waals surface area contributed by atoms with Gasteiger partial charge in [-0.2, -0.15) is 5.10 Å². The van der Waals surface area contributed by atoms with Crippen molar-refractivity contribution in [2.45, 2.75) is 0 Å². The van der Waals surface area contributed by atoms with Gasteiger partial charge >= 0.3 is 0 Å². The zero-order valence-corrected chi connectivity index (χ0v) is 19.7. The summed E-state index contributed by atoms with van der Waals surface area (Å²) in [7, 11) is 0. The molecule has 0 radical (unpaired) electrons. The van der Waals surface area contributed by atoms with Gasteiger partial charge in [-0.05, 0) is 53.6 Å². The molecule has 0 fully saturated rings. The van der Waals surface area contributed by atoms with Crippen LogP contribution in [0.5, 0.6) is 0 Å². The van der Waals surface area contributed by atoms with Gasteiger partial charge in [0, 0.05) is 16.8 Å². The Hall–Kier alpha value is -4.46. The molecule has 176 valence electrons. The minimum absolute atomic E-state index is 0.223. The topological polar surface area (TPSA) is 76.2 Å². The number of halogens is 1. The van der Waals surface area contributed by atoms with Crippen LogP contribution in [0.25, 0.3) is 39.4 Å². The van der Waals surface area contributed by atoms with Crippen LogP contribution in [-0.4, -0.2) is 36.1 Å². The Kier molecular flexibility index (Phi) is 5.48. The maximum Gasteiger partial charge on any atom is 0.269 e. The second-order valence-corrected chi connectivity index (χ2v) is 8.83. The Balaban J connectivity index is 1.56. The summed E-state index contributed by atoms with van der Waals surface area (Å²) in [4.78, 5) is 18.7. The first-order chi connectivity index (χ1) is 17.6. The highest BCUT2D eigenvalue weighted by Gasteiger charge is 2.19. The first kappa shape index (κ1) is 22.0. The molecule has 0 spiro atoms. The van der Waals surface area contributed by atoms with Crippen LogP contribution in [-0.2, 0) is 0 Å². The SMILES string of the molecule is O=c1c2cnn(-c3ccccc3)c2nc(-c2ccc(C3=CC=CN(O)C3)cc2)n1-c1ccc(Cl)cc1. The fraction of sp³-hybridized carbons (Fsp3) is 0.0357. The van der Waals surface area contributed by atoms with E-state index in [9.17, 15) is 10.0 Å². The van der Waals surface area contributed by atoms with Crippen molar-refractivity contribution >= 4 is 28.2 Å². The maximum atomic E-state index is 13.8. The van der Waals surface area contributed by atoms with Gasteiger partial charge in [-0.25, -0.2) is 9.67 Å². The van der Waals surface area contributed by atoms with Gasteiger partial charge in [0.1, 0.15) is 11.2 Å². The number of fused-ring (bicyclic) bond motifs is 1. The zero-order valence-electron chi connectivity index (χ0n) is 19.0. The van der Waals surface area contributed by atoms with Gasteiger partial charge in [0.15, 0.2) is 5.65 Å². The summed E-state index contributed by atoms with van der Waals surface area (Å²) >= 11 is 6.12. The highest BCUT2D eigenvalue weighted by molar-refractivity contribution is 6.30. The molecule has 36 heavy (non-hydrogen) atoms. The summed E-state index contributed by atoms with van der Waals surface area (Å²) in [5.41, 5.74) is 4.44. The van der Waals surface area contributed by atoms with Crippen LogP contribution < -0.4 is 5.56 Å². The number of hydrogen-bond acceptors (Lipinski definition) is 5. The molecule has 8 heteroatoms. The van der Waals surface area contributed by atoms with Crippen molar-refractivity contribution in [1.29, 1.82) is 0 Å². The standard InChI is InChI=1S/C28H20ClN5O2/c29-22-12-14-23(15-13-22)33-26(20-10-8-19(9-11-20)21-5-4-16-32(36)18-21)31-27-25(28(33)35)17-30-34(27)24-6-2-1-3-7-24/h1-17,36H,18H2. The van der Waals surface area contributed by atoms with Crippen molar-refractivity contribution in [2.75, 3.05) is 6.54 Å². The third-order valence-electron chi connectivity index (χ3n) is 6.09. The molecule has 7 nitrogen and oxygen atoms in total. The Labute approximate surface area is 211 Å². The molecule has 5 aromatic rings. The summed E-state index contributed by atoms with van der Waals surface area (Å²) < 4.78 is 3.26. The fourth-order valence-corrected chi connectivity index (χ4v) is 4.43. The van der Waals surface area contributed by atoms with Crippen molar-refractivity contribution < 1.29 is 5.21 Å².